The molecule has 0 aliphatic carbocycles. The number of hydrogen-bond donors (Lipinski definition) is 1. The highest BCUT2D eigenvalue weighted by atomic mass is 35.5. The molecule has 0 bridgehead atoms. The molecule has 1 aromatic carbocycles. The maximum Gasteiger partial charge on any atom is 0.158 e. The van der Waals surface area contributed by atoms with E-state index in [-0.39, 0.29) is 19.0 Å². The Hall–Kier alpha value is -0.780. The maximum atomic E-state index is 11.9. The summed E-state index contributed by atoms with van der Waals surface area (Å²) < 4.78 is 28.4. The lowest BCUT2D eigenvalue weighted by Gasteiger charge is -2.19. The van der Waals surface area contributed by atoms with Crippen molar-refractivity contribution in [1.82, 2.24) is 0 Å². The first kappa shape index (κ1) is 16.3. The summed E-state index contributed by atoms with van der Waals surface area (Å²) in [6, 6.07) is 5.01. The molecule has 0 radical (unpaired) electrons. The summed E-state index contributed by atoms with van der Waals surface area (Å²) in [6.45, 7) is 4.75. The standard InChI is InChI=1S/C13H19ClO4S/c1-13(2,3)19(16,17)8-7-18-12-10(9-15)5-4-6-11(12)14/h4-6,15H,7-9H2,1-3H3. The van der Waals surface area contributed by atoms with Gasteiger partial charge in [0.05, 0.1) is 22.1 Å². The molecule has 0 fully saturated rings. The Morgan fingerprint density at radius 3 is 2.47 bits per heavy atom. The summed E-state index contributed by atoms with van der Waals surface area (Å²) >= 11 is 5.96. The van der Waals surface area contributed by atoms with Gasteiger partial charge in [0, 0.05) is 5.56 Å². The van der Waals surface area contributed by atoms with E-state index in [1.54, 1.807) is 39.0 Å². The zero-order chi connectivity index (χ0) is 14.7. The SMILES string of the molecule is CC(C)(C)S(=O)(=O)CCOc1c(Cl)cccc1CO. The number of aliphatic hydroxyl groups excluding tert-OH is 1. The van der Waals surface area contributed by atoms with Crippen LogP contribution in [0.2, 0.25) is 5.02 Å². The van der Waals surface area contributed by atoms with Gasteiger partial charge in [-0.3, -0.25) is 0 Å². The molecule has 4 nitrogen and oxygen atoms in total. The normalized spacial score (nSPS) is 12.5. The summed E-state index contributed by atoms with van der Waals surface area (Å²) in [5, 5.41) is 9.54. The molecule has 0 saturated heterocycles. The number of aliphatic hydroxyl groups is 1. The van der Waals surface area contributed by atoms with Crippen molar-refractivity contribution in [2.75, 3.05) is 12.4 Å². The fourth-order valence-electron chi connectivity index (χ4n) is 1.40. The van der Waals surface area contributed by atoms with Crippen molar-refractivity contribution < 1.29 is 18.3 Å². The van der Waals surface area contributed by atoms with Crippen molar-refractivity contribution in [3.8, 4) is 5.75 Å². The number of rotatable bonds is 5. The first-order valence-electron chi connectivity index (χ1n) is 5.92. The van der Waals surface area contributed by atoms with E-state index in [1.807, 2.05) is 0 Å². The highest BCUT2D eigenvalue weighted by molar-refractivity contribution is 7.92. The van der Waals surface area contributed by atoms with Crippen LogP contribution in [0.25, 0.3) is 0 Å². The molecule has 0 aromatic heterocycles. The molecular weight excluding hydrogens is 288 g/mol. The highest BCUT2D eigenvalue weighted by Crippen LogP contribution is 2.28. The van der Waals surface area contributed by atoms with Gasteiger partial charge in [0.25, 0.3) is 0 Å². The van der Waals surface area contributed by atoms with Gasteiger partial charge in [-0.1, -0.05) is 23.7 Å². The highest BCUT2D eigenvalue weighted by Gasteiger charge is 2.28. The molecular formula is C13H19ClO4S. The molecule has 0 heterocycles. The molecule has 6 heteroatoms. The average molecular weight is 307 g/mol. The van der Waals surface area contributed by atoms with Crippen molar-refractivity contribution in [3.05, 3.63) is 28.8 Å². The smallest absolute Gasteiger partial charge is 0.158 e. The summed E-state index contributed by atoms with van der Waals surface area (Å²) in [7, 11) is -3.23. The lowest BCUT2D eigenvalue weighted by atomic mass is 10.2. The van der Waals surface area contributed by atoms with Crippen LogP contribution in [0.5, 0.6) is 5.75 Å². The quantitative estimate of drug-likeness (QED) is 0.907. The fourth-order valence-corrected chi connectivity index (χ4v) is 2.56. The zero-order valence-electron chi connectivity index (χ0n) is 11.3. The number of para-hydroxylation sites is 1. The van der Waals surface area contributed by atoms with Crippen molar-refractivity contribution >= 4 is 21.4 Å². The molecule has 1 aromatic rings. The molecule has 0 unspecified atom stereocenters. The summed E-state index contributed by atoms with van der Waals surface area (Å²) in [5.41, 5.74) is 0.542. The van der Waals surface area contributed by atoms with Crippen LogP contribution >= 0.6 is 11.6 Å². The third-order valence-corrected chi connectivity index (χ3v) is 5.62. The predicted molar refractivity (Wildman–Crippen MR) is 76.4 cm³/mol. The Labute approximate surface area is 119 Å². The zero-order valence-corrected chi connectivity index (χ0v) is 12.9. The third kappa shape index (κ3) is 4.09. The van der Waals surface area contributed by atoms with E-state index < -0.39 is 14.6 Å². The molecule has 19 heavy (non-hydrogen) atoms. The van der Waals surface area contributed by atoms with Crippen LogP contribution in [0.15, 0.2) is 18.2 Å². The second-order valence-electron chi connectivity index (χ2n) is 5.17. The fraction of sp³-hybridized carbons (Fsp3) is 0.538. The van der Waals surface area contributed by atoms with E-state index in [0.717, 1.165) is 0 Å². The van der Waals surface area contributed by atoms with Crippen molar-refractivity contribution in [3.63, 3.8) is 0 Å². The van der Waals surface area contributed by atoms with Gasteiger partial charge >= 0.3 is 0 Å². The second kappa shape index (κ2) is 6.11. The van der Waals surface area contributed by atoms with Gasteiger partial charge in [-0.15, -0.1) is 0 Å². The summed E-state index contributed by atoms with van der Waals surface area (Å²) in [6.07, 6.45) is 0. The van der Waals surface area contributed by atoms with Gasteiger partial charge in [-0.05, 0) is 26.8 Å². The largest absolute Gasteiger partial charge is 0.491 e. The van der Waals surface area contributed by atoms with Crippen molar-refractivity contribution in [2.24, 2.45) is 0 Å². The van der Waals surface area contributed by atoms with Crippen molar-refractivity contribution in [2.45, 2.75) is 32.1 Å². The van der Waals surface area contributed by atoms with Crippen LogP contribution in [0.3, 0.4) is 0 Å². The number of hydrogen-bond acceptors (Lipinski definition) is 4. The van der Waals surface area contributed by atoms with E-state index in [2.05, 4.69) is 0 Å². The van der Waals surface area contributed by atoms with E-state index in [0.29, 0.717) is 16.3 Å². The maximum absolute atomic E-state index is 11.9. The summed E-state index contributed by atoms with van der Waals surface area (Å²) in [5.74, 6) is 0.253. The number of halogens is 1. The van der Waals surface area contributed by atoms with Crippen LogP contribution in [-0.4, -0.2) is 30.6 Å². The number of benzene rings is 1. The molecule has 0 atom stereocenters. The van der Waals surface area contributed by atoms with Crippen LogP contribution in [0.1, 0.15) is 26.3 Å². The lowest BCUT2D eigenvalue weighted by molar-refractivity contribution is 0.267. The molecule has 0 aliphatic rings. The first-order valence-corrected chi connectivity index (χ1v) is 7.95. The molecule has 0 spiro atoms. The van der Waals surface area contributed by atoms with Gasteiger partial charge in [-0.25, -0.2) is 8.42 Å². The van der Waals surface area contributed by atoms with E-state index in [1.165, 1.54) is 0 Å². The van der Waals surface area contributed by atoms with E-state index >= 15 is 0 Å². The van der Waals surface area contributed by atoms with Gasteiger partial charge < -0.3 is 9.84 Å². The Morgan fingerprint density at radius 2 is 1.95 bits per heavy atom. The molecule has 0 saturated carbocycles. The Morgan fingerprint density at radius 1 is 1.32 bits per heavy atom. The number of sulfone groups is 1. The molecule has 108 valence electrons. The second-order valence-corrected chi connectivity index (χ2v) is 8.44. The van der Waals surface area contributed by atoms with E-state index in [9.17, 15) is 13.5 Å². The van der Waals surface area contributed by atoms with Crippen LogP contribution in [0, 0.1) is 0 Å². The first-order chi connectivity index (χ1) is 8.69. The molecule has 1 rings (SSSR count). The monoisotopic (exact) mass is 306 g/mol. The minimum absolute atomic E-state index is 0.0103. The number of ether oxygens (including phenoxy) is 1. The molecule has 1 N–H and O–H groups in total. The van der Waals surface area contributed by atoms with Gasteiger partial charge in [0.15, 0.2) is 9.84 Å². The third-order valence-electron chi connectivity index (χ3n) is 2.75. The van der Waals surface area contributed by atoms with Crippen molar-refractivity contribution in [1.29, 1.82) is 0 Å². The van der Waals surface area contributed by atoms with Gasteiger partial charge in [0.2, 0.25) is 0 Å². The summed E-state index contributed by atoms with van der Waals surface area (Å²) in [4.78, 5) is 0. The van der Waals surface area contributed by atoms with E-state index in [4.69, 9.17) is 16.3 Å². The average Bonchev–Trinajstić information content (AvgIpc) is 2.29. The minimum Gasteiger partial charge on any atom is -0.491 e. The topological polar surface area (TPSA) is 63.6 Å². The van der Waals surface area contributed by atoms with Gasteiger partial charge in [-0.2, -0.15) is 0 Å². The Bertz CT molecular complexity index is 532. The van der Waals surface area contributed by atoms with Crippen LogP contribution in [0.4, 0.5) is 0 Å². The van der Waals surface area contributed by atoms with Crippen LogP contribution in [-0.2, 0) is 16.4 Å². The van der Waals surface area contributed by atoms with Crippen LogP contribution < -0.4 is 4.74 Å². The lowest BCUT2D eigenvalue weighted by Crippen LogP contribution is -2.32. The Balaban J connectivity index is 2.75. The Kier molecular flexibility index (Phi) is 5.24. The predicted octanol–water partition coefficient (Wildman–Crippen LogP) is 2.42. The molecule has 0 aliphatic heterocycles. The van der Waals surface area contributed by atoms with Gasteiger partial charge in [0.1, 0.15) is 12.4 Å². The minimum atomic E-state index is -3.23. The molecule has 0 amide bonds.